The van der Waals surface area contributed by atoms with Crippen molar-refractivity contribution in [2.45, 2.75) is 13.8 Å². The molecule has 152 valence electrons. The van der Waals surface area contributed by atoms with E-state index in [1.807, 2.05) is 55.5 Å². The molecule has 0 aliphatic rings. The molecular formula is C23H18N6O2. The number of aryl methyl sites for hydroxylation is 2. The number of Topliss-reactive ketones (excluding diaryl/α,β-unsaturated/α-hetero) is 1. The Kier molecular flexibility index (Phi) is 4.32. The maximum absolute atomic E-state index is 12.8. The van der Waals surface area contributed by atoms with Crippen molar-refractivity contribution in [1.29, 1.82) is 0 Å². The van der Waals surface area contributed by atoms with Crippen LogP contribution in [0.4, 0.5) is 5.69 Å². The fourth-order valence-electron chi connectivity index (χ4n) is 3.65. The predicted molar refractivity (Wildman–Crippen MR) is 117 cm³/mol. The van der Waals surface area contributed by atoms with Crippen LogP contribution in [-0.2, 0) is 4.79 Å². The predicted octanol–water partition coefficient (Wildman–Crippen LogP) is 3.71. The zero-order valence-corrected chi connectivity index (χ0v) is 16.9. The molecule has 0 radical (unpaired) electrons. The molecule has 2 aromatic carbocycles. The van der Waals surface area contributed by atoms with Gasteiger partial charge in [0, 0.05) is 27.8 Å². The molecule has 8 heteroatoms. The number of para-hydroxylation sites is 1. The van der Waals surface area contributed by atoms with Crippen molar-refractivity contribution in [3.05, 3.63) is 77.7 Å². The number of hydrogen-bond acceptors (Lipinski definition) is 5. The quantitative estimate of drug-likeness (QED) is 0.347. The highest BCUT2D eigenvalue weighted by Crippen LogP contribution is 2.24. The number of rotatable bonds is 4. The minimum Gasteiger partial charge on any atom is -0.358 e. The molecular weight excluding hydrogens is 392 g/mol. The first kappa shape index (κ1) is 18.7. The summed E-state index contributed by atoms with van der Waals surface area (Å²) in [5, 5.41) is 16.0. The smallest absolute Gasteiger partial charge is 0.296 e. The van der Waals surface area contributed by atoms with Gasteiger partial charge in [0.2, 0.25) is 0 Å². The van der Waals surface area contributed by atoms with Crippen LogP contribution in [-0.4, -0.2) is 36.5 Å². The highest BCUT2D eigenvalue weighted by molar-refractivity contribution is 6.48. The molecule has 0 saturated heterocycles. The second kappa shape index (κ2) is 7.17. The average Bonchev–Trinajstić information content (AvgIpc) is 3.32. The van der Waals surface area contributed by atoms with Crippen molar-refractivity contribution in [2.75, 3.05) is 5.32 Å². The first-order valence-electron chi connectivity index (χ1n) is 9.74. The van der Waals surface area contributed by atoms with Crippen molar-refractivity contribution < 1.29 is 9.59 Å². The SMILES string of the molecule is Cc1[nH]c2ccccc2c1C(=O)C(=O)Nc1ccc(-c2ccc3nnc(C)n3n2)cc1. The molecule has 0 saturated carbocycles. The Morgan fingerprint density at radius 1 is 0.935 bits per heavy atom. The Morgan fingerprint density at radius 3 is 2.52 bits per heavy atom. The topological polar surface area (TPSA) is 105 Å². The largest absolute Gasteiger partial charge is 0.358 e. The summed E-state index contributed by atoms with van der Waals surface area (Å²) < 4.78 is 1.67. The Hall–Kier alpha value is -4.33. The van der Waals surface area contributed by atoms with Crippen LogP contribution in [0.5, 0.6) is 0 Å². The number of aromatic amines is 1. The Balaban J connectivity index is 1.37. The van der Waals surface area contributed by atoms with Crippen LogP contribution in [0.25, 0.3) is 27.8 Å². The number of nitrogens with zero attached hydrogens (tertiary/aromatic N) is 4. The number of nitrogens with one attached hydrogen (secondary N) is 2. The first-order chi connectivity index (χ1) is 15.0. The van der Waals surface area contributed by atoms with Crippen LogP contribution in [0.3, 0.4) is 0 Å². The molecule has 3 heterocycles. The zero-order chi connectivity index (χ0) is 21.5. The van der Waals surface area contributed by atoms with Crippen LogP contribution in [0.15, 0.2) is 60.7 Å². The lowest BCUT2D eigenvalue weighted by atomic mass is 10.1. The van der Waals surface area contributed by atoms with Gasteiger partial charge in [-0.3, -0.25) is 9.59 Å². The van der Waals surface area contributed by atoms with E-state index >= 15 is 0 Å². The summed E-state index contributed by atoms with van der Waals surface area (Å²) in [6.07, 6.45) is 0. The third-order valence-corrected chi connectivity index (χ3v) is 5.18. The van der Waals surface area contributed by atoms with Gasteiger partial charge in [0.1, 0.15) is 0 Å². The maximum atomic E-state index is 12.8. The third-order valence-electron chi connectivity index (χ3n) is 5.18. The molecule has 0 aliphatic heterocycles. The van der Waals surface area contributed by atoms with Crippen LogP contribution in [0.1, 0.15) is 21.9 Å². The summed E-state index contributed by atoms with van der Waals surface area (Å²) in [6.45, 7) is 3.62. The molecule has 2 N–H and O–H groups in total. The van der Waals surface area contributed by atoms with Gasteiger partial charge in [-0.25, -0.2) is 0 Å². The molecule has 5 rings (SSSR count). The Morgan fingerprint density at radius 2 is 1.71 bits per heavy atom. The molecule has 5 aromatic rings. The molecule has 0 fully saturated rings. The van der Waals surface area contributed by atoms with Crippen molar-refractivity contribution in [2.24, 2.45) is 0 Å². The highest BCUT2D eigenvalue weighted by Gasteiger charge is 2.22. The van der Waals surface area contributed by atoms with Gasteiger partial charge in [-0.2, -0.15) is 9.61 Å². The molecule has 3 aromatic heterocycles. The van der Waals surface area contributed by atoms with Crippen LogP contribution in [0.2, 0.25) is 0 Å². The molecule has 0 bridgehead atoms. The lowest BCUT2D eigenvalue weighted by Crippen LogP contribution is -2.23. The van der Waals surface area contributed by atoms with E-state index in [9.17, 15) is 9.59 Å². The second-order valence-corrected chi connectivity index (χ2v) is 7.27. The summed E-state index contributed by atoms with van der Waals surface area (Å²) in [6, 6.07) is 18.3. The zero-order valence-electron chi connectivity index (χ0n) is 16.9. The normalized spacial score (nSPS) is 11.2. The van der Waals surface area contributed by atoms with Gasteiger partial charge < -0.3 is 10.3 Å². The minimum absolute atomic E-state index is 0.395. The number of anilines is 1. The van der Waals surface area contributed by atoms with Crippen LogP contribution < -0.4 is 5.32 Å². The fourth-order valence-corrected chi connectivity index (χ4v) is 3.65. The van der Waals surface area contributed by atoms with Gasteiger partial charge in [-0.05, 0) is 44.2 Å². The van der Waals surface area contributed by atoms with Gasteiger partial charge in [-0.1, -0.05) is 30.3 Å². The van der Waals surface area contributed by atoms with E-state index in [0.717, 1.165) is 22.2 Å². The minimum atomic E-state index is -0.680. The van der Waals surface area contributed by atoms with Crippen molar-refractivity contribution in [1.82, 2.24) is 24.8 Å². The van der Waals surface area contributed by atoms with E-state index in [2.05, 4.69) is 25.6 Å². The summed E-state index contributed by atoms with van der Waals surface area (Å²) >= 11 is 0. The molecule has 1 amide bonds. The number of hydrogen-bond donors (Lipinski definition) is 2. The number of H-pyrrole nitrogens is 1. The molecule has 0 aliphatic carbocycles. The molecule has 31 heavy (non-hydrogen) atoms. The second-order valence-electron chi connectivity index (χ2n) is 7.27. The summed E-state index contributed by atoms with van der Waals surface area (Å²) in [5.41, 5.74) is 4.71. The van der Waals surface area contributed by atoms with Gasteiger partial charge >= 0.3 is 0 Å². The molecule has 8 nitrogen and oxygen atoms in total. The number of amides is 1. The molecule has 0 spiro atoms. The maximum Gasteiger partial charge on any atom is 0.296 e. The third kappa shape index (κ3) is 3.24. The average molecular weight is 410 g/mol. The van der Waals surface area contributed by atoms with Gasteiger partial charge in [0.25, 0.3) is 11.7 Å². The number of ketones is 1. The van der Waals surface area contributed by atoms with Crippen molar-refractivity contribution in [3.8, 4) is 11.3 Å². The summed E-state index contributed by atoms with van der Waals surface area (Å²) in [7, 11) is 0. The fraction of sp³-hybridized carbons (Fsp3) is 0.0870. The van der Waals surface area contributed by atoms with Crippen LogP contribution >= 0.6 is 0 Å². The Labute approximate surface area is 176 Å². The van der Waals surface area contributed by atoms with E-state index in [4.69, 9.17) is 0 Å². The number of carbonyl (C=O) groups excluding carboxylic acids is 2. The number of fused-ring (bicyclic) bond motifs is 2. The van der Waals surface area contributed by atoms with Gasteiger partial charge in [0.05, 0.1) is 11.3 Å². The monoisotopic (exact) mass is 410 g/mol. The van der Waals surface area contributed by atoms with Gasteiger partial charge in [0.15, 0.2) is 11.5 Å². The number of carbonyl (C=O) groups is 2. The van der Waals surface area contributed by atoms with E-state index in [0.29, 0.717) is 28.4 Å². The lowest BCUT2D eigenvalue weighted by Gasteiger charge is -2.07. The van der Waals surface area contributed by atoms with Gasteiger partial charge in [-0.15, -0.1) is 10.2 Å². The molecule has 0 atom stereocenters. The lowest BCUT2D eigenvalue weighted by molar-refractivity contribution is -0.112. The molecule has 0 unspecified atom stereocenters. The Bertz CT molecular complexity index is 1460. The highest BCUT2D eigenvalue weighted by atomic mass is 16.2. The number of aromatic nitrogens is 5. The first-order valence-corrected chi connectivity index (χ1v) is 9.74. The number of benzene rings is 2. The standard InChI is InChI=1S/C23H18N6O2/c1-13-21(17-5-3-4-6-19(17)24-13)22(30)23(31)25-16-9-7-15(8-10-16)18-11-12-20-27-26-14(2)29(20)28-18/h3-12,24H,1-2H3,(H,25,31). The summed E-state index contributed by atoms with van der Waals surface area (Å²) in [5.74, 6) is -0.554. The summed E-state index contributed by atoms with van der Waals surface area (Å²) in [4.78, 5) is 28.6. The van der Waals surface area contributed by atoms with E-state index in [1.165, 1.54) is 0 Å². The van der Waals surface area contributed by atoms with E-state index in [-0.39, 0.29) is 0 Å². The van der Waals surface area contributed by atoms with Crippen molar-refractivity contribution in [3.63, 3.8) is 0 Å². The van der Waals surface area contributed by atoms with E-state index < -0.39 is 11.7 Å². The van der Waals surface area contributed by atoms with Crippen molar-refractivity contribution >= 4 is 33.9 Å². The van der Waals surface area contributed by atoms with Crippen LogP contribution in [0, 0.1) is 13.8 Å². The van der Waals surface area contributed by atoms with E-state index in [1.54, 1.807) is 23.6 Å².